The van der Waals surface area contributed by atoms with E-state index >= 15 is 0 Å². The Kier molecular flexibility index (Phi) is 3.05. The molecule has 0 saturated heterocycles. The van der Waals surface area contributed by atoms with Crippen molar-refractivity contribution in [2.24, 2.45) is 5.92 Å². The molecule has 0 saturated carbocycles. The third-order valence-corrected chi connectivity index (χ3v) is 3.96. The Morgan fingerprint density at radius 3 is 2.65 bits per heavy atom. The van der Waals surface area contributed by atoms with Crippen molar-refractivity contribution < 1.29 is 9.90 Å². The Morgan fingerprint density at radius 1 is 1.35 bits per heavy atom. The van der Waals surface area contributed by atoms with Crippen molar-refractivity contribution in [3.63, 3.8) is 0 Å². The van der Waals surface area contributed by atoms with E-state index in [9.17, 15) is 9.90 Å². The fraction of sp³-hybridized carbons (Fsp3) is 0.400. The molecule has 0 fully saturated rings. The van der Waals surface area contributed by atoms with E-state index in [0.717, 1.165) is 17.5 Å². The standard InChI is InChI=1S/C15H18O2/c1-3-12-10-9-11-7-5-6-8-13(11)15(12,4-2)14(16)17/h5-10,12H,3-4H2,1-2H3,(H,16,17). The maximum absolute atomic E-state index is 11.8. The Morgan fingerprint density at radius 2 is 2.06 bits per heavy atom. The largest absolute Gasteiger partial charge is 0.481 e. The number of benzene rings is 1. The van der Waals surface area contributed by atoms with Crippen LogP contribution in [0, 0.1) is 5.92 Å². The molecule has 0 bridgehead atoms. The Balaban J connectivity index is 2.67. The van der Waals surface area contributed by atoms with Gasteiger partial charge in [0.2, 0.25) is 0 Å². The summed E-state index contributed by atoms with van der Waals surface area (Å²) in [4.78, 5) is 11.8. The van der Waals surface area contributed by atoms with Crippen molar-refractivity contribution in [3.05, 3.63) is 41.5 Å². The number of carbonyl (C=O) groups is 1. The number of aliphatic carboxylic acids is 1. The topological polar surface area (TPSA) is 37.3 Å². The molecule has 0 heterocycles. The Hall–Kier alpha value is -1.57. The first-order valence-electron chi connectivity index (χ1n) is 6.18. The number of hydrogen-bond acceptors (Lipinski definition) is 1. The average molecular weight is 230 g/mol. The van der Waals surface area contributed by atoms with Gasteiger partial charge in [0.25, 0.3) is 0 Å². The molecular formula is C15H18O2. The van der Waals surface area contributed by atoms with E-state index in [0.29, 0.717) is 6.42 Å². The molecule has 90 valence electrons. The second-order valence-corrected chi connectivity index (χ2v) is 4.59. The molecule has 1 N–H and O–H groups in total. The van der Waals surface area contributed by atoms with Crippen molar-refractivity contribution in [3.8, 4) is 0 Å². The summed E-state index contributed by atoms with van der Waals surface area (Å²) in [5, 5.41) is 9.70. The SMILES string of the molecule is CCC1C=Cc2ccccc2C1(CC)C(=O)O. The number of rotatable bonds is 3. The van der Waals surface area contributed by atoms with Crippen LogP contribution in [0.3, 0.4) is 0 Å². The van der Waals surface area contributed by atoms with Crippen molar-refractivity contribution in [2.45, 2.75) is 32.1 Å². The molecule has 2 atom stereocenters. The summed E-state index contributed by atoms with van der Waals surface area (Å²) in [6.07, 6.45) is 5.59. The van der Waals surface area contributed by atoms with E-state index in [1.54, 1.807) is 0 Å². The first-order chi connectivity index (χ1) is 8.16. The monoisotopic (exact) mass is 230 g/mol. The zero-order valence-electron chi connectivity index (χ0n) is 10.3. The zero-order valence-corrected chi connectivity index (χ0v) is 10.3. The molecule has 0 radical (unpaired) electrons. The quantitative estimate of drug-likeness (QED) is 0.863. The van der Waals surface area contributed by atoms with Crippen molar-refractivity contribution >= 4 is 12.0 Å². The smallest absolute Gasteiger partial charge is 0.314 e. The number of fused-ring (bicyclic) bond motifs is 1. The van der Waals surface area contributed by atoms with Gasteiger partial charge in [0, 0.05) is 0 Å². The average Bonchev–Trinajstić information content (AvgIpc) is 2.36. The van der Waals surface area contributed by atoms with E-state index in [-0.39, 0.29) is 5.92 Å². The second kappa shape index (κ2) is 4.36. The maximum atomic E-state index is 11.8. The summed E-state index contributed by atoms with van der Waals surface area (Å²) >= 11 is 0. The van der Waals surface area contributed by atoms with Crippen LogP contribution in [0.4, 0.5) is 0 Å². The molecule has 1 aromatic carbocycles. The van der Waals surface area contributed by atoms with Gasteiger partial charge in [-0.2, -0.15) is 0 Å². The number of carboxylic acids is 1. The van der Waals surface area contributed by atoms with Crippen LogP contribution in [-0.2, 0) is 10.2 Å². The van der Waals surface area contributed by atoms with Gasteiger partial charge in [-0.15, -0.1) is 0 Å². The highest BCUT2D eigenvalue weighted by atomic mass is 16.4. The molecule has 0 aromatic heterocycles. The Labute approximate surface area is 102 Å². The summed E-state index contributed by atoms with van der Waals surface area (Å²) in [6, 6.07) is 7.83. The van der Waals surface area contributed by atoms with E-state index in [1.807, 2.05) is 31.2 Å². The van der Waals surface area contributed by atoms with Gasteiger partial charge in [-0.25, -0.2) is 0 Å². The number of hydrogen-bond donors (Lipinski definition) is 1. The molecule has 2 rings (SSSR count). The predicted octanol–water partition coefficient (Wildman–Crippen LogP) is 3.47. The lowest BCUT2D eigenvalue weighted by Crippen LogP contribution is -2.43. The molecule has 1 aliphatic rings. The fourth-order valence-electron chi connectivity index (χ4n) is 2.99. The van der Waals surface area contributed by atoms with E-state index in [4.69, 9.17) is 0 Å². The van der Waals surface area contributed by atoms with Crippen molar-refractivity contribution in [1.29, 1.82) is 0 Å². The van der Waals surface area contributed by atoms with E-state index < -0.39 is 11.4 Å². The van der Waals surface area contributed by atoms with Gasteiger partial charge in [0.1, 0.15) is 0 Å². The highest BCUT2D eigenvalue weighted by molar-refractivity contribution is 5.85. The summed E-state index contributed by atoms with van der Waals surface area (Å²) in [5.74, 6) is -0.622. The molecule has 0 amide bonds. The summed E-state index contributed by atoms with van der Waals surface area (Å²) in [6.45, 7) is 4.02. The van der Waals surface area contributed by atoms with Crippen LogP contribution in [0.25, 0.3) is 6.08 Å². The lowest BCUT2D eigenvalue weighted by molar-refractivity contribution is -0.146. The van der Waals surface area contributed by atoms with E-state index in [1.165, 1.54) is 0 Å². The lowest BCUT2D eigenvalue weighted by Gasteiger charge is -2.38. The first-order valence-corrected chi connectivity index (χ1v) is 6.18. The van der Waals surface area contributed by atoms with Crippen LogP contribution >= 0.6 is 0 Å². The molecule has 2 unspecified atom stereocenters. The molecular weight excluding hydrogens is 212 g/mol. The lowest BCUT2D eigenvalue weighted by atomic mass is 9.63. The third kappa shape index (κ3) is 1.59. The number of allylic oxidation sites excluding steroid dienone is 1. The van der Waals surface area contributed by atoms with Crippen molar-refractivity contribution in [1.82, 2.24) is 0 Å². The van der Waals surface area contributed by atoms with Gasteiger partial charge < -0.3 is 5.11 Å². The fourth-order valence-corrected chi connectivity index (χ4v) is 2.99. The normalized spacial score (nSPS) is 26.6. The predicted molar refractivity (Wildman–Crippen MR) is 68.9 cm³/mol. The van der Waals surface area contributed by atoms with Crippen LogP contribution in [0.15, 0.2) is 30.3 Å². The molecule has 1 aliphatic carbocycles. The van der Waals surface area contributed by atoms with Crippen LogP contribution < -0.4 is 0 Å². The molecule has 2 nitrogen and oxygen atoms in total. The summed E-state index contributed by atoms with van der Waals surface area (Å²) < 4.78 is 0. The van der Waals surface area contributed by atoms with Crippen LogP contribution in [-0.4, -0.2) is 11.1 Å². The van der Waals surface area contributed by atoms with Gasteiger partial charge in [0.15, 0.2) is 0 Å². The van der Waals surface area contributed by atoms with Gasteiger partial charge in [-0.3, -0.25) is 4.79 Å². The molecule has 1 aromatic rings. The van der Waals surface area contributed by atoms with E-state index in [2.05, 4.69) is 19.1 Å². The molecule has 0 spiro atoms. The van der Waals surface area contributed by atoms with Crippen LogP contribution in [0.5, 0.6) is 0 Å². The first kappa shape index (κ1) is 11.9. The maximum Gasteiger partial charge on any atom is 0.314 e. The highest BCUT2D eigenvalue weighted by Crippen LogP contribution is 2.44. The zero-order chi connectivity index (χ0) is 12.5. The number of carboxylic acid groups (broad SMARTS) is 1. The van der Waals surface area contributed by atoms with Gasteiger partial charge in [-0.05, 0) is 29.9 Å². The minimum Gasteiger partial charge on any atom is -0.481 e. The van der Waals surface area contributed by atoms with Gasteiger partial charge >= 0.3 is 5.97 Å². The minimum atomic E-state index is -0.750. The third-order valence-electron chi connectivity index (χ3n) is 3.96. The minimum absolute atomic E-state index is 0.0832. The Bertz CT molecular complexity index is 462. The molecule has 17 heavy (non-hydrogen) atoms. The highest BCUT2D eigenvalue weighted by Gasteiger charge is 2.46. The van der Waals surface area contributed by atoms with Gasteiger partial charge in [-0.1, -0.05) is 50.3 Å². The molecule has 0 aliphatic heterocycles. The van der Waals surface area contributed by atoms with Gasteiger partial charge in [0.05, 0.1) is 5.41 Å². The summed E-state index contributed by atoms with van der Waals surface area (Å²) in [5.41, 5.74) is 1.26. The van der Waals surface area contributed by atoms with Crippen LogP contribution in [0.1, 0.15) is 37.8 Å². The van der Waals surface area contributed by atoms with Crippen molar-refractivity contribution in [2.75, 3.05) is 0 Å². The second-order valence-electron chi connectivity index (χ2n) is 4.59. The summed E-state index contributed by atoms with van der Waals surface area (Å²) in [7, 11) is 0. The molecule has 2 heteroatoms. The van der Waals surface area contributed by atoms with Crippen LogP contribution in [0.2, 0.25) is 0 Å².